The maximum atomic E-state index is 15.1. The first kappa shape index (κ1) is 24.0. The van der Waals surface area contributed by atoms with E-state index in [1.54, 1.807) is 0 Å². The van der Waals surface area contributed by atoms with Gasteiger partial charge in [0.05, 0.1) is 5.56 Å². The van der Waals surface area contributed by atoms with Gasteiger partial charge < -0.3 is 9.88 Å². The molecule has 1 unspecified atom stereocenters. The van der Waals surface area contributed by atoms with Crippen molar-refractivity contribution in [2.75, 3.05) is 0 Å². The van der Waals surface area contributed by atoms with Gasteiger partial charge in [0.2, 0.25) is 0 Å². The Morgan fingerprint density at radius 2 is 1.31 bits per heavy atom. The molecule has 1 amide bonds. The molecule has 0 aliphatic heterocycles. The molecule has 0 bridgehead atoms. The number of hydrogen-bond donors (Lipinski definition) is 1. The maximum Gasteiger partial charge on any atom is 0.252 e. The van der Waals surface area contributed by atoms with Gasteiger partial charge in [-0.25, -0.2) is 0 Å². The highest BCUT2D eigenvalue weighted by Crippen LogP contribution is 2.44. The summed E-state index contributed by atoms with van der Waals surface area (Å²) < 4.78 is 15.1. The Hall–Kier alpha value is -2.64. The summed E-state index contributed by atoms with van der Waals surface area (Å²) in [5.74, 6) is 0.488. The number of benzene rings is 3. The largest absolute Gasteiger partial charge is 0.347 e. The molecule has 3 aromatic rings. The monoisotopic (exact) mass is 447 g/mol. The van der Waals surface area contributed by atoms with Gasteiger partial charge in [-0.3, -0.25) is 4.79 Å². The topological polar surface area (TPSA) is 46.2 Å². The van der Waals surface area contributed by atoms with E-state index in [-0.39, 0.29) is 11.8 Å². The van der Waals surface area contributed by atoms with Gasteiger partial charge in [-0.05, 0) is 50.3 Å². The first-order valence-corrected chi connectivity index (χ1v) is 12.9. The molecule has 4 heteroatoms. The Bertz CT molecular complexity index is 1070. The van der Waals surface area contributed by atoms with Crippen LogP contribution < -0.4 is 21.2 Å². The lowest BCUT2D eigenvalue weighted by molar-refractivity contribution is 0.0920. The Morgan fingerprint density at radius 1 is 0.812 bits per heavy atom. The minimum Gasteiger partial charge on any atom is -0.347 e. The average molecular weight is 448 g/mol. The molecule has 0 fully saturated rings. The lowest BCUT2D eigenvalue weighted by Crippen LogP contribution is -2.43. The fourth-order valence-electron chi connectivity index (χ4n) is 3.78. The molecule has 3 nitrogen and oxygen atoms in total. The SMILES string of the molecule is CC(C)C(C)c1ccc(C(=O)NC(C)(C)C)c(P(=O)(c2ccccc2)c2ccccc2)c1. The molecule has 0 saturated carbocycles. The summed E-state index contributed by atoms with van der Waals surface area (Å²) >= 11 is 0. The Labute approximate surface area is 192 Å². The van der Waals surface area contributed by atoms with Crippen LogP contribution in [0.25, 0.3) is 0 Å². The second-order valence-electron chi connectivity index (χ2n) is 9.79. The van der Waals surface area contributed by atoms with Crippen LogP contribution >= 0.6 is 7.14 Å². The third-order valence-electron chi connectivity index (χ3n) is 5.86. The molecule has 0 spiro atoms. The minimum atomic E-state index is -3.29. The van der Waals surface area contributed by atoms with Crippen molar-refractivity contribution in [2.24, 2.45) is 5.92 Å². The van der Waals surface area contributed by atoms with Gasteiger partial charge in [0.1, 0.15) is 0 Å². The van der Waals surface area contributed by atoms with Crippen LogP contribution in [0.5, 0.6) is 0 Å². The van der Waals surface area contributed by atoms with E-state index in [9.17, 15) is 4.79 Å². The highest BCUT2D eigenvalue weighted by Gasteiger charge is 2.34. The predicted octanol–water partition coefficient (Wildman–Crippen LogP) is 5.61. The van der Waals surface area contributed by atoms with E-state index in [0.29, 0.717) is 16.8 Å². The van der Waals surface area contributed by atoms with Crippen LogP contribution in [0.1, 0.15) is 63.4 Å². The minimum absolute atomic E-state index is 0.205. The highest BCUT2D eigenvalue weighted by molar-refractivity contribution is 7.85. The van der Waals surface area contributed by atoms with Gasteiger partial charge in [-0.1, -0.05) is 87.5 Å². The molecule has 0 aromatic heterocycles. The maximum absolute atomic E-state index is 15.1. The molecule has 0 aliphatic rings. The van der Waals surface area contributed by atoms with Crippen molar-refractivity contribution in [3.8, 4) is 0 Å². The summed E-state index contributed by atoms with van der Waals surface area (Å²) in [6, 6.07) is 24.9. The molecule has 168 valence electrons. The quantitative estimate of drug-likeness (QED) is 0.499. The normalized spacial score (nSPS) is 13.1. The predicted molar refractivity (Wildman–Crippen MR) is 136 cm³/mol. The van der Waals surface area contributed by atoms with Crippen molar-refractivity contribution >= 4 is 29.0 Å². The molecule has 0 radical (unpaired) electrons. The van der Waals surface area contributed by atoms with Gasteiger partial charge in [-0.2, -0.15) is 0 Å². The van der Waals surface area contributed by atoms with E-state index in [1.165, 1.54) is 0 Å². The zero-order valence-electron chi connectivity index (χ0n) is 19.9. The van der Waals surface area contributed by atoms with Crippen LogP contribution in [-0.2, 0) is 4.57 Å². The molecule has 0 saturated heterocycles. The van der Waals surface area contributed by atoms with Crippen LogP contribution in [0, 0.1) is 5.92 Å². The van der Waals surface area contributed by atoms with Gasteiger partial charge >= 0.3 is 0 Å². The van der Waals surface area contributed by atoms with Gasteiger partial charge in [-0.15, -0.1) is 0 Å². The summed E-state index contributed by atoms with van der Waals surface area (Å²) in [6.07, 6.45) is 0. The van der Waals surface area contributed by atoms with E-state index in [1.807, 2.05) is 99.6 Å². The first-order chi connectivity index (χ1) is 15.0. The number of hydrogen-bond acceptors (Lipinski definition) is 2. The molecular weight excluding hydrogens is 413 g/mol. The summed E-state index contributed by atoms with van der Waals surface area (Å²) in [7, 11) is -3.29. The number of amides is 1. The Balaban J connectivity index is 2.34. The summed E-state index contributed by atoms with van der Waals surface area (Å²) in [5.41, 5.74) is 1.16. The van der Waals surface area contributed by atoms with Crippen LogP contribution in [0.3, 0.4) is 0 Å². The van der Waals surface area contributed by atoms with Crippen LogP contribution in [-0.4, -0.2) is 11.4 Å². The van der Waals surface area contributed by atoms with Crippen LogP contribution in [0.15, 0.2) is 78.9 Å². The molecule has 1 atom stereocenters. The molecule has 0 aliphatic carbocycles. The number of carbonyl (C=O) groups is 1. The molecule has 0 heterocycles. The van der Waals surface area contributed by atoms with Crippen LogP contribution in [0.4, 0.5) is 0 Å². The molecule has 1 N–H and O–H groups in total. The lowest BCUT2D eigenvalue weighted by Gasteiger charge is -2.27. The van der Waals surface area contributed by atoms with Crippen molar-refractivity contribution in [1.29, 1.82) is 0 Å². The van der Waals surface area contributed by atoms with Crippen molar-refractivity contribution < 1.29 is 9.36 Å². The smallest absolute Gasteiger partial charge is 0.252 e. The highest BCUT2D eigenvalue weighted by atomic mass is 31.2. The van der Waals surface area contributed by atoms with Crippen molar-refractivity contribution in [3.63, 3.8) is 0 Å². The number of nitrogens with one attached hydrogen (secondary N) is 1. The van der Waals surface area contributed by atoms with Gasteiger partial charge in [0.15, 0.2) is 7.14 Å². The first-order valence-electron chi connectivity index (χ1n) is 11.2. The second kappa shape index (κ2) is 9.46. The number of rotatable bonds is 6. The molecule has 32 heavy (non-hydrogen) atoms. The molecule has 3 rings (SSSR count). The molecule has 3 aromatic carbocycles. The third kappa shape index (κ3) is 5.05. The summed E-state index contributed by atoms with van der Waals surface area (Å²) in [4.78, 5) is 13.4. The third-order valence-corrected chi connectivity index (χ3v) is 8.96. The van der Waals surface area contributed by atoms with Crippen molar-refractivity contribution in [1.82, 2.24) is 5.32 Å². The standard InChI is InChI=1S/C28H34NO2P/c1-20(2)21(3)22-17-18-25(27(30)29-28(4,5)6)26(19-22)32(31,23-13-9-7-10-14-23)24-15-11-8-12-16-24/h7-21H,1-6H3,(H,29,30). The van der Waals surface area contributed by atoms with Gasteiger partial charge in [0.25, 0.3) is 5.91 Å². The second-order valence-corrected chi connectivity index (χ2v) is 12.5. The lowest BCUT2D eigenvalue weighted by atomic mass is 9.90. The average Bonchev–Trinajstić information content (AvgIpc) is 2.77. The van der Waals surface area contributed by atoms with E-state index in [4.69, 9.17) is 0 Å². The van der Waals surface area contributed by atoms with Crippen molar-refractivity contribution in [2.45, 2.75) is 53.0 Å². The Morgan fingerprint density at radius 3 is 1.75 bits per heavy atom. The fourth-order valence-corrected chi connectivity index (χ4v) is 6.67. The zero-order valence-corrected chi connectivity index (χ0v) is 20.8. The van der Waals surface area contributed by atoms with E-state index >= 15 is 4.57 Å². The van der Waals surface area contributed by atoms with E-state index < -0.39 is 12.7 Å². The van der Waals surface area contributed by atoms with Crippen LogP contribution in [0.2, 0.25) is 0 Å². The van der Waals surface area contributed by atoms with E-state index in [2.05, 4.69) is 26.1 Å². The summed E-state index contributed by atoms with van der Waals surface area (Å²) in [6.45, 7) is 12.4. The zero-order chi connectivity index (χ0) is 23.5. The Kier molecular flexibility index (Phi) is 7.10. The van der Waals surface area contributed by atoms with E-state index in [0.717, 1.165) is 16.2 Å². The summed E-state index contributed by atoms with van der Waals surface area (Å²) in [5, 5.41) is 5.12. The number of carbonyl (C=O) groups excluding carboxylic acids is 1. The van der Waals surface area contributed by atoms with Crippen molar-refractivity contribution in [3.05, 3.63) is 90.0 Å². The van der Waals surface area contributed by atoms with Gasteiger partial charge in [0, 0.05) is 21.5 Å². The fraction of sp³-hybridized carbons (Fsp3) is 0.321. The molecular formula is C28H34NO2P.